The van der Waals surface area contributed by atoms with Crippen molar-refractivity contribution in [2.45, 2.75) is 25.4 Å². The van der Waals surface area contributed by atoms with Gasteiger partial charge in [-0.3, -0.25) is 4.79 Å². The molecule has 3 aromatic rings. The van der Waals surface area contributed by atoms with Gasteiger partial charge in [0.1, 0.15) is 18.5 Å². The lowest BCUT2D eigenvalue weighted by Gasteiger charge is -2.35. The van der Waals surface area contributed by atoms with E-state index in [2.05, 4.69) is 37.9 Å². The molecule has 0 spiro atoms. The summed E-state index contributed by atoms with van der Waals surface area (Å²) in [5, 5.41) is 0. The number of halogens is 1. The molecular formula is C26H29BrN4O4. The zero-order chi connectivity index (χ0) is 24.3. The molecule has 2 fully saturated rings. The van der Waals surface area contributed by atoms with Crippen LogP contribution in [0, 0.1) is 0 Å². The average Bonchev–Trinajstić information content (AvgIpc) is 3.54. The number of hydrogen-bond acceptors (Lipinski definition) is 6. The number of nitrogens with zero attached hydrogens (tertiary/aromatic N) is 4. The SMILES string of the molecule is CC(=O)N1CCN(c2ccc(OCC3COC(Cn4ccnc4)(c4ccc(Br)cc4)O3)cc2)CC1. The Morgan fingerprint density at radius 2 is 1.86 bits per heavy atom. The van der Waals surface area contributed by atoms with Gasteiger partial charge in [0.2, 0.25) is 11.7 Å². The molecule has 9 heteroatoms. The van der Waals surface area contributed by atoms with Crippen LogP contribution < -0.4 is 9.64 Å². The number of imidazole rings is 1. The summed E-state index contributed by atoms with van der Waals surface area (Å²) in [5.74, 6) is 0.0255. The lowest BCUT2D eigenvalue weighted by Crippen LogP contribution is -2.48. The molecule has 35 heavy (non-hydrogen) atoms. The van der Waals surface area contributed by atoms with Gasteiger partial charge >= 0.3 is 0 Å². The highest BCUT2D eigenvalue weighted by atomic mass is 79.9. The molecule has 1 aromatic heterocycles. The van der Waals surface area contributed by atoms with Crippen molar-refractivity contribution in [3.63, 3.8) is 0 Å². The molecule has 0 N–H and O–H groups in total. The number of aromatic nitrogens is 2. The highest BCUT2D eigenvalue weighted by Gasteiger charge is 2.44. The Labute approximate surface area is 213 Å². The monoisotopic (exact) mass is 540 g/mol. The van der Waals surface area contributed by atoms with Crippen molar-refractivity contribution in [1.29, 1.82) is 0 Å². The zero-order valence-electron chi connectivity index (χ0n) is 19.7. The number of benzene rings is 2. The van der Waals surface area contributed by atoms with E-state index in [1.165, 1.54) is 0 Å². The number of amides is 1. The standard InChI is InChI=1S/C26H29BrN4O4/c1-20(32)30-12-14-31(15-13-30)23-6-8-24(9-7-23)33-16-25-17-34-26(35-25,18-29-11-10-28-19-29)21-2-4-22(27)5-3-21/h2-11,19,25H,12-18H2,1H3. The van der Waals surface area contributed by atoms with Crippen LogP contribution in [0.4, 0.5) is 5.69 Å². The molecule has 1 amide bonds. The van der Waals surface area contributed by atoms with Crippen LogP contribution in [0.25, 0.3) is 0 Å². The van der Waals surface area contributed by atoms with Gasteiger partial charge in [0.15, 0.2) is 0 Å². The first kappa shape index (κ1) is 23.8. The van der Waals surface area contributed by atoms with Gasteiger partial charge in [-0.15, -0.1) is 0 Å². The quantitative estimate of drug-likeness (QED) is 0.455. The van der Waals surface area contributed by atoms with Crippen molar-refractivity contribution in [1.82, 2.24) is 14.5 Å². The summed E-state index contributed by atoms with van der Waals surface area (Å²) in [5.41, 5.74) is 2.08. The highest BCUT2D eigenvalue weighted by molar-refractivity contribution is 9.10. The van der Waals surface area contributed by atoms with Gasteiger partial charge in [0.05, 0.1) is 19.5 Å². The van der Waals surface area contributed by atoms with Crippen LogP contribution in [0.3, 0.4) is 0 Å². The van der Waals surface area contributed by atoms with Gasteiger partial charge in [-0.05, 0) is 36.4 Å². The lowest BCUT2D eigenvalue weighted by molar-refractivity contribution is -0.189. The Kier molecular flexibility index (Phi) is 7.08. The molecule has 0 radical (unpaired) electrons. The molecule has 0 saturated carbocycles. The Morgan fingerprint density at radius 3 is 2.51 bits per heavy atom. The maximum atomic E-state index is 11.5. The van der Waals surface area contributed by atoms with Crippen molar-refractivity contribution in [2.75, 3.05) is 44.3 Å². The van der Waals surface area contributed by atoms with E-state index in [9.17, 15) is 4.79 Å². The third-order valence-electron chi connectivity index (χ3n) is 6.46. The number of piperazine rings is 1. The van der Waals surface area contributed by atoms with E-state index < -0.39 is 5.79 Å². The number of hydrogen-bond donors (Lipinski definition) is 0. The number of anilines is 1. The molecule has 0 bridgehead atoms. The Morgan fingerprint density at radius 1 is 1.11 bits per heavy atom. The second kappa shape index (κ2) is 10.4. The van der Waals surface area contributed by atoms with E-state index in [-0.39, 0.29) is 12.0 Å². The summed E-state index contributed by atoms with van der Waals surface area (Å²) in [6.45, 7) is 6.13. The topological polar surface area (TPSA) is 69.1 Å². The van der Waals surface area contributed by atoms with Crippen LogP contribution in [0.1, 0.15) is 12.5 Å². The molecular weight excluding hydrogens is 512 g/mol. The van der Waals surface area contributed by atoms with E-state index >= 15 is 0 Å². The fraction of sp³-hybridized carbons (Fsp3) is 0.385. The van der Waals surface area contributed by atoms with Crippen molar-refractivity contribution in [3.05, 3.63) is 77.3 Å². The van der Waals surface area contributed by atoms with Crippen LogP contribution >= 0.6 is 15.9 Å². The van der Waals surface area contributed by atoms with Gasteiger partial charge in [0, 0.05) is 61.2 Å². The average molecular weight is 541 g/mol. The fourth-order valence-corrected chi connectivity index (χ4v) is 4.78. The number of ether oxygens (including phenoxy) is 3. The summed E-state index contributed by atoms with van der Waals surface area (Å²) in [4.78, 5) is 19.9. The van der Waals surface area contributed by atoms with Crippen LogP contribution in [-0.2, 0) is 26.6 Å². The smallest absolute Gasteiger partial charge is 0.219 e. The minimum atomic E-state index is -0.901. The van der Waals surface area contributed by atoms with Gasteiger partial charge in [-0.1, -0.05) is 28.1 Å². The second-order valence-electron chi connectivity index (χ2n) is 8.84. The summed E-state index contributed by atoms with van der Waals surface area (Å²) < 4.78 is 21.8. The first-order valence-electron chi connectivity index (χ1n) is 11.8. The number of rotatable bonds is 7. The molecule has 184 valence electrons. The summed E-state index contributed by atoms with van der Waals surface area (Å²) in [7, 11) is 0. The van der Waals surface area contributed by atoms with Gasteiger partial charge in [-0.25, -0.2) is 4.98 Å². The lowest BCUT2D eigenvalue weighted by atomic mass is 10.1. The maximum Gasteiger partial charge on any atom is 0.219 e. The van der Waals surface area contributed by atoms with Crippen molar-refractivity contribution in [2.24, 2.45) is 0 Å². The Balaban J connectivity index is 1.19. The van der Waals surface area contributed by atoms with Crippen molar-refractivity contribution < 1.29 is 19.0 Å². The summed E-state index contributed by atoms with van der Waals surface area (Å²) in [6, 6.07) is 16.1. The van der Waals surface area contributed by atoms with Crippen LogP contribution in [0.5, 0.6) is 5.75 Å². The van der Waals surface area contributed by atoms with Gasteiger partial charge < -0.3 is 28.6 Å². The number of carbonyl (C=O) groups is 1. The van der Waals surface area contributed by atoms with E-state index in [0.29, 0.717) is 19.8 Å². The minimum absolute atomic E-state index is 0.140. The normalized spacial score (nSPS) is 22.4. The molecule has 8 nitrogen and oxygen atoms in total. The zero-order valence-corrected chi connectivity index (χ0v) is 21.3. The molecule has 2 aliphatic heterocycles. The van der Waals surface area contributed by atoms with E-state index in [1.54, 1.807) is 19.4 Å². The van der Waals surface area contributed by atoms with Crippen LogP contribution in [-0.4, -0.2) is 65.9 Å². The summed E-state index contributed by atoms with van der Waals surface area (Å²) >= 11 is 3.50. The maximum absolute atomic E-state index is 11.5. The Bertz CT molecular complexity index is 1120. The number of carbonyl (C=O) groups excluding carboxylic acids is 1. The molecule has 5 rings (SSSR count). The largest absolute Gasteiger partial charge is 0.491 e. The molecule has 2 saturated heterocycles. The first-order chi connectivity index (χ1) is 17.0. The summed E-state index contributed by atoms with van der Waals surface area (Å²) in [6.07, 6.45) is 5.20. The molecule has 0 aliphatic carbocycles. The van der Waals surface area contributed by atoms with E-state index in [4.69, 9.17) is 14.2 Å². The predicted octanol–water partition coefficient (Wildman–Crippen LogP) is 3.66. The minimum Gasteiger partial charge on any atom is -0.491 e. The van der Waals surface area contributed by atoms with Crippen molar-refractivity contribution in [3.8, 4) is 5.75 Å². The van der Waals surface area contributed by atoms with E-state index in [1.807, 2.05) is 52.1 Å². The molecule has 3 heterocycles. The van der Waals surface area contributed by atoms with E-state index in [0.717, 1.165) is 47.7 Å². The third kappa shape index (κ3) is 5.52. The molecule has 2 unspecified atom stereocenters. The molecule has 2 atom stereocenters. The Hall–Kier alpha value is -2.88. The van der Waals surface area contributed by atoms with Gasteiger partial charge in [-0.2, -0.15) is 0 Å². The predicted molar refractivity (Wildman–Crippen MR) is 135 cm³/mol. The highest BCUT2D eigenvalue weighted by Crippen LogP contribution is 2.37. The fourth-order valence-electron chi connectivity index (χ4n) is 4.52. The van der Waals surface area contributed by atoms with Crippen LogP contribution in [0.15, 0.2) is 71.7 Å². The molecule has 2 aromatic carbocycles. The first-order valence-corrected chi connectivity index (χ1v) is 12.6. The van der Waals surface area contributed by atoms with Crippen molar-refractivity contribution >= 4 is 27.5 Å². The van der Waals surface area contributed by atoms with Crippen LogP contribution in [0.2, 0.25) is 0 Å². The molecule has 2 aliphatic rings. The third-order valence-corrected chi connectivity index (χ3v) is 6.98. The second-order valence-corrected chi connectivity index (χ2v) is 9.76. The van der Waals surface area contributed by atoms with Gasteiger partial charge in [0.25, 0.3) is 0 Å².